The smallest absolute Gasteiger partial charge is 0.357 e. The Morgan fingerprint density at radius 1 is 1.53 bits per heavy atom. The van der Waals surface area contributed by atoms with Gasteiger partial charge in [-0.3, -0.25) is 4.57 Å². The first-order chi connectivity index (χ1) is 7.15. The molecule has 0 amide bonds. The van der Waals surface area contributed by atoms with Crippen LogP contribution in [0.25, 0.3) is 11.1 Å². The fourth-order valence-corrected chi connectivity index (χ4v) is 2.11. The number of nitrogens with zero attached hydrogens (tertiary/aromatic N) is 1. The number of fused-ring (bicyclic) bond motifs is 3. The first kappa shape index (κ1) is 8.59. The van der Waals surface area contributed by atoms with Crippen molar-refractivity contribution in [2.45, 2.75) is 26.0 Å². The predicted octanol–water partition coefficient (Wildman–Crippen LogP) is 2.49. The number of carbonyl (C=O) groups excluding carboxylic acids is 1. The number of ether oxygens (including phenoxy) is 1. The zero-order valence-electron chi connectivity index (χ0n) is 8.61. The zero-order valence-corrected chi connectivity index (χ0v) is 8.61. The number of furan rings is 1. The zero-order chi connectivity index (χ0) is 10.6. The number of rotatable bonds is 1. The van der Waals surface area contributed by atoms with E-state index >= 15 is 0 Å². The molecule has 3 rings (SSSR count). The molecule has 15 heavy (non-hydrogen) atoms. The third-order valence-corrected chi connectivity index (χ3v) is 3.07. The van der Waals surface area contributed by atoms with Crippen LogP contribution in [-0.2, 0) is 10.5 Å². The third-order valence-electron chi connectivity index (χ3n) is 3.07. The molecule has 2 aromatic heterocycles. The van der Waals surface area contributed by atoms with Crippen LogP contribution < -0.4 is 0 Å². The SMILES string of the molecule is CCC1(C)OC(=O)c2cc3occc3n21. The topological polar surface area (TPSA) is 44.4 Å². The minimum atomic E-state index is -0.571. The average molecular weight is 205 g/mol. The molecule has 1 unspecified atom stereocenters. The first-order valence-corrected chi connectivity index (χ1v) is 4.98. The van der Waals surface area contributed by atoms with E-state index in [1.165, 1.54) is 0 Å². The Labute approximate surface area is 86.4 Å². The monoisotopic (exact) mass is 205 g/mol. The van der Waals surface area contributed by atoms with Crippen molar-refractivity contribution in [3.05, 3.63) is 24.1 Å². The highest BCUT2D eigenvalue weighted by Gasteiger charge is 2.41. The average Bonchev–Trinajstić information content (AvgIpc) is 2.79. The number of hydrogen-bond donors (Lipinski definition) is 0. The highest BCUT2D eigenvalue weighted by Crippen LogP contribution is 2.37. The lowest BCUT2D eigenvalue weighted by molar-refractivity contribution is -0.0309. The Morgan fingerprint density at radius 3 is 3.07 bits per heavy atom. The van der Waals surface area contributed by atoms with Gasteiger partial charge in [-0.15, -0.1) is 0 Å². The molecular formula is C11H11NO3. The summed E-state index contributed by atoms with van der Waals surface area (Å²) in [6.07, 6.45) is 2.36. The lowest BCUT2D eigenvalue weighted by Gasteiger charge is -2.23. The van der Waals surface area contributed by atoms with Crippen LogP contribution in [0.2, 0.25) is 0 Å². The van der Waals surface area contributed by atoms with Crippen LogP contribution >= 0.6 is 0 Å². The summed E-state index contributed by atoms with van der Waals surface area (Å²) in [5.74, 6) is -0.272. The second-order valence-electron chi connectivity index (χ2n) is 3.95. The van der Waals surface area contributed by atoms with Crippen molar-refractivity contribution < 1.29 is 13.9 Å². The van der Waals surface area contributed by atoms with E-state index in [-0.39, 0.29) is 5.97 Å². The van der Waals surface area contributed by atoms with Gasteiger partial charge in [0, 0.05) is 18.6 Å². The highest BCUT2D eigenvalue weighted by atomic mass is 16.6. The molecule has 1 aliphatic heterocycles. The van der Waals surface area contributed by atoms with Crippen LogP contribution in [0.1, 0.15) is 30.8 Å². The Balaban J connectivity index is 2.38. The van der Waals surface area contributed by atoms with E-state index in [1.54, 1.807) is 12.3 Å². The summed E-state index contributed by atoms with van der Waals surface area (Å²) in [6.45, 7) is 3.90. The van der Waals surface area contributed by atoms with Gasteiger partial charge in [0.2, 0.25) is 0 Å². The molecule has 3 heterocycles. The molecule has 0 bridgehead atoms. The number of carbonyl (C=O) groups is 1. The lowest BCUT2D eigenvalue weighted by atomic mass is 10.2. The van der Waals surface area contributed by atoms with Crippen molar-refractivity contribution in [1.82, 2.24) is 4.57 Å². The largest absolute Gasteiger partial charge is 0.463 e. The van der Waals surface area contributed by atoms with E-state index in [1.807, 2.05) is 24.5 Å². The predicted molar refractivity (Wildman–Crippen MR) is 53.6 cm³/mol. The summed E-state index contributed by atoms with van der Waals surface area (Å²) in [7, 11) is 0. The molecule has 0 aromatic carbocycles. The summed E-state index contributed by atoms with van der Waals surface area (Å²) in [6, 6.07) is 3.59. The molecule has 0 saturated heterocycles. The van der Waals surface area contributed by atoms with Crippen molar-refractivity contribution in [3.8, 4) is 0 Å². The lowest BCUT2D eigenvalue weighted by Crippen LogP contribution is -2.27. The number of hydrogen-bond acceptors (Lipinski definition) is 3. The maximum atomic E-state index is 11.6. The molecule has 0 saturated carbocycles. The molecule has 0 spiro atoms. The summed E-state index contributed by atoms with van der Waals surface area (Å²) in [4.78, 5) is 11.6. The molecule has 0 fully saturated rings. The van der Waals surface area contributed by atoms with E-state index in [0.717, 1.165) is 17.5 Å². The molecule has 0 radical (unpaired) electrons. The van der Waals surface area contributed by atoms with Crippen LogP contribution in [0.15, 0.2) is 22.8 Å². The van der Waals surface area contributed by atoms with E-state index in [4.69, 9.17) is 9.15 Å². The highest BCUT2D eigenvalue weighted by molar-refractivity contribution is 5.96. The van der Waals surface area contributed by atoms with Crippen molar-refractivity contribution in [2.75, 3.05) is 0 Å². The maximum absolute atomic E-state index is 11.6. The van der Waals surface area contributed by atoms with Gasteiger partial charge in [0.15, 0.2) is 11.3 Å². The fourth-order valence-electron chi connectivity index (χ4n) is 2.11. The third kappa shape index (κ3) is 0.888. The second-order valence-corrected chi connectivity index (χ2v) is 3.95. The van der Waals surface area contributed by atoms with Gasteiger partial charge in [-0.2, -0.15) is 0 Å². The van der Waals surface area contributed by atoms with E-state index in [9.17, 15) is 4.79 Å². The molecule has 1 atom stereocenters. The van der Waals surface area contributed by atoms with Crippen LogP contribution in [0.4, 0.5) is 0 Å². The molecule has 0 N–H and O–H groups in total. The van der Waals surface area contributed by atoms with Crippen molar-refractivity contribution in [3.63, 3.8) is 0 Å². The van der Waals surface area contributed by atoms with Gasteiger partial charge in [-0.1, -0.05) is 6.92 Å². The Morgan fingerprint density at radius 2 is 2.33 bits per heavy atom. The van der Waals surface area contributed by atoms with Crippen LogP contribution in [0, 0.1) is 0 Å². The van der Waals surface area contributed by atoms with Gasteiger partial charge >= 0.3 is 5.97 Å². The Bertz CT molecular complexity index is 551. The Kier molecular flexibility index (Phi) is 1.40. The first-order valence-electron chi connectivity index (χ1n) is 4.98. The van der Waals surface area contributed by atoms with Gasteiger partial charge in [0.1, 0.15) is 5.69 Å². The van der Waals surface area contributed by atoms with Crippen molar-refractivity contribution >= 4 is 17.1 Å². The minimum absolute atomic E-state index is 0.272. The number of esters is 1. The second kappa shape index (κ2) is 2.45. The quantitative estimate of drug-likeness (QED) is 0.672. The number of aromatic nitrogens is 1. The Hall–Kier alpha value is -1.71. The normalized spacial score (nSPS) is 24.5. The molecule has 1 aliphatic rings. The molecule has 0 aliphatic carbocycles. The standard InChI is InChI=1S/C11H11NO3/c1-3-11(2)12-7-4-5-14-9(7)6-8(12)10(13)15-11/h4-6H,3H2,1-2H3. The van der Waals surface area contributed by atoms with Crippen molar-refractivity contribution in [2.24, 2.45) is 0 Å². The molecule has 4 heteroatoms. The van der Waals surface area contributed by atoms with Gasteiger partial charge in [0.05, 0.1) is 11.8 Å². The fraction of sp³-hybridized carbons (Fsp3) is 0.364. The van der Waals surface area contributed by atoms with E-state index in [2.05, 4.69) is 0 Å². The van der Waals surface area contributed by atoms with Crippen LogP contribution in [0.3, 0.4) is 0 Å². The molecule has 4 nitrogen and oxygen atoms in total. The summed E-state index contributed by atoms with van der Waals surface area (Å²) in [5.41, 5.74) is 1.66. The van der Waals surface area contributed by atoms with E-state index in [0.29, 0.717) is 5.69 Å². The molecular weight excluding hydrogens is 194 g/mol. The van der Waals surface area contributed by atoms with Gasteiger partial charge in [-0.25, -0.2) is 4.79 Å². The van der Waals surface area contributed by atoms with Gasteiger partial charge < -0.3 is 9.15 Å². The van der Waals surface area contributed by atoms with E-state index < -0.39 is 5.72 Å². The maximum Gasteiger partial charge on any atom is 0.357 e. The van der Waals surface area contributed by atoms with Gasteiger partial charge in [-0.05, 0) is 6.92 Å². The van der Waals surface area contributed by atoms with Crippen molar-refractivity contribution in [1.29, 1.82) is 0 Å². The van der Waals surface area contributed by atoms with Crippen LogP contribution in [-0.4, -0.2) is 10.5 Å². The van der Waals surface area contributed by atoms with Crippen LogP contribution in [0.5, 0.6) is 0 Å². The van der Waals surface area contributed by atoms with Gasteiger partial charge in [0.25, 0.3) is 0 Å². The number of cyclic esters (lactones) is 1. The molecule has 2 aromatic rings. The summed E-state index contributed by atoms with van der Waals surface area (Å²) >= 11 is 0. The summed E-state index contributed by atoms with van der Waals surface area (Å²) < 4.78 is 12.6. The minimum Gasteiger partial charge on any atom is -0.463 e. The summed E-state index contributed by atoms with van der Waals surface area (Å²) in [5, 5.41) is 0. The molecule has 78 valence electrons.